The van der Waals surface area contributed by atoms with E-state index in [-0.39, 0.29) is 17.9 Å². The number of para-hydroxylation sites is 1. The van der Waals surface area contributed by atoms with E-state index in [1.165, 1.54) is 11.8 Å². The van der Waals surface area contributed by atoms with Gasteiger partial charge >= 0.3 is 0 Å². The Labute approximate surface area is 160 Å². The Morgan fingerprint density at radius 3 is 2.81 bits per heavy atom. The van der Waals surface area contributed by atoms with Gasteiger partial charge in [-0.25, -0.2) is 4.98 Å². The van der Waals surface area contributed by atoms with E-state index in [9.17, 15) is 9.59 Å². The van der Waals surface area contributed by atoms with Gasteiger partial charge in [0.05, 0.1) is 16.7 Å². The fraction of sp³-hybridized carbons (Fsp3) is 0.389. The topological polar surface area (TPSA) is 120 Å². The van der Waals surface area contributed by atoms with Crippen LogP contribution in [0.25, 0.3) is 10.9 Å². The minimum absolute atomic E-state index is 0.151. The largest absolute Gasteiger partial charge is 0.370 e. The van der Waals surface area contributed by atoms with Crippen molar-refractivity contribution in [2.75, 3.05) is 0 Å². The Balaban J connectivity index is 1.81. The number of amides is 1. The lowest BCUT2D eigenvalue weighted by Crippen LogP contribution is -2.15. The molecule has 1 amide bonds. The molecule has 0 bridgehead atoms. The Hall–Kier alpha value is -2.68. The van der Waals surface area contributed by atoms with Crippen molar-refractivity contribution in [3.8, 4) is 0 Å². The number of rotatable bonds is 8. The van der Waals surface area contributed by atoms with Gasteiger partial charge in [-0.3, -0.25) is 9.59 Å². The third-order valence-electron chi connectivity index (χ3n) is 3.94. The van der Waals surface area contributed by atoms with Gasteiger partial charge in [0, 0.05) is 19.4 Å². The van der Waals surface area contributed by atoms with Gasteiger partial charge in [0.2, 0.25) is 5.91 Å². The molecular formula is C18H22N6O2S. The van der Waals surface area contributed by atoms with Crippen LogP contribution in [0.2, 0.25) is 0 Å². The number of H-pyrrole nitrogens is 1. The van der Waals surface area contributed by atoms with E-state index in [4.69, 9.17) is 5.73 Å². The maximum absolute atomic E-state index is 12.2. The summed E-state index contributed by atoms with van der Waals surface area (Å²) in [6.07, 6.45) is 0.696. The molecule has 9 heteroatoms. The lowest BCUT2D eigenvalue weighted by molar-refractivity contribution is -0.118. The molecule has 0 atom stereocenters. The van der Waals surface area contributed by atoms with Crippen molar-refractivity contribution in [3.05, 3.63) is 46.3 Å². The van der Waals surface area contributed by atoms with Crippen LogP contribution in [0.4, 0.5) is 0 Å². The van der Waals surface area contributed by atoms with Crippen molar-refractivity contribution in [3.63, 3.8) is 0 Å². The zero-order valence-corrected chi connectivity index (χ0v) is 16.1. The zero-order chi connectivity index (χ0) is 19.4. The van der Waals surface area contributed by atoms with Crippen LogP contribution in [0.1, 0.15) is 31.9 Å². The van der Waals surface area contributed by atoms with Crippen molar-refractivity contribution < 1.29 is 4.79 Å². The summed E-state index contributed by atoms with van der Waals surface area (Å²) in [4.78, 5) is 30.6. The van der Waals surface area contributed by atoms with Gasteiger partial charge < -0.3 is 15.3 Å². The summed E-state index contributed by atoms with van der Waals surface area (Å²) in [7, 11) is 0. The fourth-order valence-corrected chi connectivity index (χ4v) is 3.57. The number of aromatic nitrogens is 5. The lowest BCUT2D eigenvalue weighted by Gasteiger charge is -2.12. The molecule has 0 aliphatic heterocycles. The van der Waals surface area contributed by atoms with Crippen LogP contribution < -0.4 is 11.3 Å². The molecule has 1 aromatic carbocycles. The summed E-state index contributed by atoms with van der Waals surface area (Å²) in [6.45, 7) is 4.95. The van der Waals surface area contributed by atoms with Crippen LogP contribution in [-0.4, -0.2) is 30.6 Å². The monoisotopic (exact) mass is 386 g/mol. The number of thioether (sulfide) groups is 1. The molecule has 0 spiro atoms. The number of carbonyl (C=O) groups excluding carboxylic acids is 1. The highest BCUT2D eigenvalue weighted by Gasteiger charge is 2.15. The van der Waals surface area contributed by atoms with Gasteiger partial charge in [-0.1, -0.05) is 37.7 Å². The Morgan fingerprint density at radius 2 is 2.07 bits per heavy atom. The normalized spacial score (nSPS) is 11.4. The number of nitrogens with one attached hydrogen (secondary N) is 1. The van der Waals surface area contributed by atoms with Crippen LogP contribution in [0.5, 0.6) is 0 Å². The highest BCUT2D eigenvalue weighted by molar-refractivity contribution is 7.98. The number of fused-ring (bicyclic) bond motifs is 1. The average Bonchev–Trinajstić information content (AvgIpc) is 2.99. The quantitative estimate of drug-likeness (QED) is 0.571. The first-order chi connectivity index (χ1) is 12.9. The number of nitrogens with two attached hydrogens (primary N) is 1. The van der Waals surface area contributed by atoms with Crippen LogP contribution in [0.3, 0.4) is 0 Å². The van der Waals surface area contributed by atoms with Crippen LogP contribution in [0.15, 0.2) is 34.2 Å². The molecule has 2 aromatic heterocycles. The van der Waals surface area contributed by atoms with Gasteiger partial charge in [0.15, 0.2) is 5.16 Å². The summed E-state index contributed by atoms with van der Waals surface area (Å²) >= 11 is 1.46. The number of primary amides is 1. The molecule has 3 aromatic rings. The van der Waals surface area contributed by atoms with Gasteiger partial charge in [0.25, 0.3) is 5.56 Å². The van der Waals surface area contributed by atoms with Gasteiger partial charge in [-0.2, -0.15) is 0 Å². The number of hydrogen-bond acceptors (Lipinski definition) is 6. The SMILES string of the molecule is CC(C)Cn1c(CCC(N)=O)nnc1SCc1nc2ccccc2c(=O)[nH]1. The van der Waals surface area contributed by atoms with Crippen LogP contribution in [-0.2, 0) is 23.5 Å². The van der Waals surface area contributed by atoms with Crippen LogP contribution in [0, 0.1) is 5.92 Å². The first-order valence-electron chi connectivity index (χ1n) is 8.75. The molecule has 3 rings (SSSR count). The first-order valence-corrected chi connectivity index (χ1v) is 9.73. The predicted molar refractivity (Wildman–Crippen MR) is 104 cm³/mol. The lowest BCUT2D eigenvalue weighted by atomic mass is 10.2. The number of aryl methyl sites for hydroxylation is 1. The maximum Gasteiger partial charge on any atom is 0.258 e. The molecule has 0 radical (unpaired) electrons. The number of aromatic amines is 1. The highest BCUT2D eigenvalue weighted by atomic mass is 32.2. The van der Waals surface area contributed by atoms with Gasteiger partial charge in [-0.15, -0.1) is 10.2 Å². The third kappa shape index (κ3) is 4.73. The summed E-state index contributed by atoms with van der Waals surface area (Å²) in [5, 5.41) is 9.77. The summed E-state index contributed by atoms with van der Waals surface area (Å²) in [5.41, 5.74) is 5.77. The predicted octanol–water partition coefficient (Wildman–Crippen LogP) is 1.88. The highest BCUT2D eigenvalue weighted by Crippen LogP contribution is 2.22. The van der Waals surface area contributed by atoms with E-state index >= 15 is 0 Å². The summed E-state index contributed by atoms with van der Waals surface area (Å²) < 4.78 is 2.01. The smallest absolute Gasteiger partial charge is 0.258 e. The second kappa shape index (κ2) is 8.34. The standard InChI is InChI=1S/C18H22N6O2S/c1-11(2)9-24-16(8-7-14(19)25)22-23-18(24)27-10-15-20-13-6-4-3-5-12(13)17(26)21-15/h3-6,11H,7-10H2,1-2H3,(H2,19,25)(H,20,21,26). The minimum Gasteiger partial charge on any atom is -0.370 e. The van der Waals surface area contributed by atoms with Crippen molar-refractivity contribution in [1.29, 1.82) is 0 Å². The van der Waals surface area contributed by atoms with E-state index < -0.39 is 0 Å². The molecule has 3 N–H and O–H groups in total. The minimum atomic E-state index is -0.360. The number of benzene rings is 1. The molecular weight excluding hydrogens is 364 g/mol. The molecule has 0 aliphatic rings. The Morgan fingerprint density at radius 1 is 1.30 bits per heavy atom. The second-order valence-corrected chi connectivity index (χ2v) is 7.63. The molecule has 0 fully saturated rings. The average molecular weight is 386 g/mol. The molecule has 8 nitrogen and oxygen atoms in total. The number of hydrogen-bond donors (Lipinski definition) is 2. The maximum atomic E-state index is 12.2. The summed E-state index contributed by atoms with van der Waals surface area (Å²) in [6, 6.07) is 7.25. The summed E-state index contributed by atoms with van der Waals surface area (Å²) in [5.74, 6) is 1.82. The zero-order valence-electron chi connectivity index (χ0n) is 15.3. The molecule has 2 heterocycles. The number of nitrogens with zero attached hydrogens (tertiary/aromatic N) is 4. The molecule has 0 aliphatic carbocycles. The Kier molecular flexibility index (Phi) is 5.90. The number of carbonyl (C=O) groups is 1. The van der Waals surface area contributed by atoms with E-state index in [1.807, 2.05) is 22.8 Å². The van der Waals surface area contributed by atoms with E-state index in [2.05, 4.69) is 34.0 Å². The molecule has 0 saturated heterocycles. The molecule has 0 saturated carbocycles. The molecule has 142 valence electrons. The second-order valence-electron chi connectivity index (χ2n) is 6.69. The molecule has 27 heavy (non-hydrogen) atoms. The van der Waals surface area contributed by atoms with Crippen molar-refractivity contribution in [2.24, 2.45) is 11.7 Å². The Bertz CT molecular complexity index is 1010. The van der Waals surface area contributed by atoms with E-state index in [1.54, 1.807) is 6.07 Å². The van der Waals surface area contributed by atoms with Gasteiger partial charge in [0.1, 0.15) is 11.6 Å². The van der Waals surface area contributed by atoms with Crippen LogP contribution >= 0.6 is 11.8 Å². The van der Waals surface area contributed by atoms with E-state index in [0.29, 0.717) is 34.8 Å². The first kappa shape index (κ1) is 19.1. The van der Waals surface area contributed by atoms with Crippen molar-refractivity contribution in [2.45, 2.75) is 44.1 Å². The van der Waals surface area contributed by atoms with Gasteiger partial charge in [-0.05, 0) is 18.1 Å². The third-order valence-corrected chi connectivity index (χ3v) is 4.91. The van der Waals surface area contributed by atoms with Crippen molar-refractivity contribution >= 4 is 28.6 Å². The fourth-order valence-electron chi connectivity index (χ4n) is 2.73. The van der Waals surface area contributed by atoms with E-state index in [0.717, 1.165) is 17.5 Å². The molecule has 0 unspecified atom stereocenters. The van der Waals surface area contributed by atoms with Crippen molar-refractivity contribution in [1.82, 2.24) is 24.7 Å².